The monoisotopic (exact) mass is 439 g/mol. The molecule has 0 bridgehead atoms. The first kappa shape index (κ1) is 20.8. The van der Waals surface area contributed by atoms with Gasteiger partial charge in [-0.05, 0) is 24.3 Å². The lowest BCUT2D eigenvalue weighted by molar-refractivity contribution is -0.126. The van der Waals surface area contributed by atoms with Crippen LogP contribution in [0.2, 0.25) is 0 Å². The zero-order chi connectivity index (χ0) is 20.8. The molecule has 0 unspecified atom stereocenters. The van der Waals surface area contributed by atoms with Crippen molar-refractivity contribution in [2.75, 3.05) is 6.54 Å². The fraction of sp³-hybridized carbons (Fsp3) is 0.348. The van der Waals surface area contributed by atoms with Crippen molar-refractivity contribution in [2.45, 2.75) is 44.6 Å². The van der Waals surface area contributed by atoms with Crippen molar-refractivity contribution in [3.63, 3.8) is 0 Å². The lowest BCUT2D eigenvalue weighted by Gasteiger charge is -2.22. The van der Waals surface area contributed by atoms with Crippen LogP contribution >= 0.6 is 22.7 Å². The molecule has 0 radical (unpaired) electrons. The van der Waals surface area contributed by atoms with Crippen LogP contribution in [-0.2, 0) is 16.0 Å². The molecule has 1 aliphatic rings. The number of nitrogens with zero attached hydrogens (tertiary/aromatic N) is 1. The van der Waals surface area contributed by atoms with E-state index in [-0.39, 0.29) is 30.8 Å². The van der Waals surface area contributed by atoms with Crippen LogP contribution in [0.25, 0.3) is 21.1 Å². The summed E-state index contributed by atoms with van der Waals surface area (Å²) in [5, 5.41) is 8.72. The molecule has 2 heterocycles. The predicted octanol–water partition coefficient (Wildman–Crippen LogP) is 4.65. The maximum Gasteiger partial charge on any atom is 0.239 e. The number of benzene rings is 1. The molecule has 2 amide bonds. The maximum absolute atomic E-state index is 12.6. The Bertz CT molecular complexity index is 977. The van der Waals surface area contributed by atoms with E-state index in [1.54, 1.807) is 11.3 Å². The molecule has 3 aromatic rings. The Morgan fingerprint density at radius 1 is 1.00 bits per heavy atom. The van der Waals surface area contributed by atoms with Crippen molar-refractivity contribution < 1.29 is 9.59 Å². The highest BCUT2D eigenvalue weighted by Gasteiger charge is 2.19. The SMILES string of the molecule is O=C(Cc1sc(-c2ccccc2)nc1-c1cccs1)NCC(=O)NC1CCCCC1. The lowest BCUT2D eigenvalue weighted by atomic mass is 9.95. The first-order chi connectivity index (χ1) is 14.7. The van der Waals surface area contributed by atoms with Gasteiger partial charge in [0.05, 0.1) is 23.5 Å². The highest BCUT2D eigenvalue weighted by atomic mass is 32.1. The molecule has 1 saturated carbocycles. The summed E-state index contributed by atoms with van der Waals surface area (Å²) in [7, 11) is 0. The molecule has 0 aliphatic heterocycles. The Morgan fingerprint density at radius 2 is 1.80 bits per heavy atom. The van der Waals surface area contributed by atoms with Crippen LogP contribution in [0.4, 0.5) is 0 Å². The number of amides is 2. The Balaban J connectivity index is 1.41. The molecule has 0 saturated heterocycles. The van der Waals surface area contributed by atoms with Gasteiger partial charge >= 0.3 is 0 Å². The summed E-state index contributed by atoms with van der Waals surface area (Å²) in [6.45, 7) is 0.0218. The summed E-state index contributed by atoms with van der Waals surface area (Å²) < 4.78 is 0. The van der Waals surface area contributed by atoms with E-state index in [1.807, 2.05) is 47.8 Å². The second-order valence-electron chi connectivity index (χ2n) is 7.49. The minimum absolute atomic E-state index is 0.0218. The van der Waals surface area contributed by atoms with Crippen LogP contribution in [0, 0.1) is 0 Å². The Hall–Kier alpha value is -2.51. The standard InChI is InChI=1S/C23H25N3O2S2/c27-20(24-15-21(28)25-17-10-5-2-6-11-17)14-19-22(18-12-7-13-29-18)26-23(30-19)16-8-3-1-4-9-16/h1,3-4,7-9,12-13,17H,2,5-6,10-11,14-15H2,(H,24,27)(H,25,28). The number of nitrogens with one attached hydrogen (secondary N) is 2. The van der Waals surface area contributed by atoms with Crippen molar-refractivity contribution in [2.24, 2.45) is 0 Å². The molecule has 156 valence electrons. The van der Waals surface area contributed by atoms with Gasteiger partial charge in [-0.2, -0.15) is 0 Å². The van der Waals surface area contributed by atoms with E-state index in [9.17, 15) is 9.59 Å². The first-order valence-electron chi connectivity index (χ1n) is 10.3. The molecular formula is C23H25N3O2S2. The first-order valence-corrected chi connectivity index (χ1v) is 12.0. The summed E-state index contributed by atoms with van der Waals surface area (Å²) in [6.07, 6.45) is 5.86. The van der Waals surface area contributed by atoms with E-state index in [0.717, 1.165) is 51.7 Å². The minimum atomic E-state index is -0.158. The van der Waals surface area contributed by atoms with Gasteiger partial charge < -0.3 is 10.6 Å². The Morgan fingerprint density at radius 3 is 2.53 bits per heavy atom. The van der Waals surface area contributed by atoms with E-state index in [2.05, 4.69) is 10.6 Å². The van der Waals surface area contributed by atoms with E-state index in [0.29, 0.717) is 0 Å². The zero-order valence-electron chi connectivity index (χ0n) is 16.7. The summed E-state index contributed by atoms with van der Waals surface area (Å²) in [5.41, 5.74) is 1.90. The Kier molecular flexibility index (Phi) is 6.92. The summed E-state index contributed by atoms with van der Waals surface area (Å²) >= 11 is 3.15. The molecule has 1 fully saturated rings. The largest absolute Gasteiger partial charge is 0.352 e. The Labute approximate surface area is 184 Å². The smallest absolute Gasteiger partial charge is 0.239 e. The molecular weight excluding hydrogens is 414 g/mol. The third kappa shape index (κ3) is 5.34. The molecule has 0 spiro atoms. The van der Waals surface area contributed by atoms with Gasteiger partial charge in [-0.25, -0.2) is 4.98 Å². The van der Waals surface area contributed by atoms with Crippen molar-refractivity contribution in [3.05, 3.63) is 52.7 Å². The van der Waals surface area contributed by atoms with Crippen LogP contribution in [0.5, 0.6) is 0 Å². The van der Waals surface area contributed by atoms with Crippen molar-refractivity contribution in [1.82, 2.24) is 15.6 Å². The van der Waals surface area contributed by atoms with Gasteiger partial charge in [-0.3, -0.25) is 9.59 Å². The van der Waals surface area contributed by atoms with Crippen LogP contribution in [0.15, 0.2) is 47.8 Å². The molecule has 1 aliphatic carbocycles. The van der Waals surface area contributed by atoms with Crippen LogP contribution in [0.1, 0.15) is 37.0 Å². The minimum Gasteiger partial charge on any atom is -0.352 e. The van der Waals surface area contributed by atoms with Crippen LogP contribution in [0.3, 0.4) is 0 Å². The maximum atomic E-state index is 12.6. The normalized spacial score (nSPS) is 14.4. The van der Waals surface area contributed by atoms with Gasteiger partial charge in [0, 0.05) is 16.5 Å². The molecule has 30 heavy (non-hydrogen) atoms. The molecule has 7 heteroatoms. The van der Waals surface area contributed by atoms with Gasteiger partial charge in [0.2, 0.25) is 11.8 Å². The number of thiophene rings is 1. The average Bonchev–Trinajstić information content (AvgIpc) is 3.44. The fourth-order valence-corrected chi connectivity index (χ4v) is 5.58. The van der Waals surface area contributed by atoms with Gasteiger partial charge in [0.25, 0.3) is 0 Å². The van der Waals surface area contributed by atoms with Gasteiger partial charge in [-0.15, -0.1) is 22.7 Å². The highest BCUT2D eigenvalue weighted by Crippen LogP contribution is 2.36. The molecule has 5 nitrogen and oxygen atoms in total. The second kappa shape index (κ2) is 10.00. The number of rotatable bonds is 7. The number of aromatic nitrogens is 1. The summed E-state index contributed by atoms with van der Waals surface area (Å²) in [5.74, 6) is -0.266. The second-order valence-corrected chi connectivity index (χ2v) is 9.52. The topological polar surface area (TPSA) is 71.1 Å². The third-order valence-electron chi connectivity index (χ3n) is 5.21. The predicted molar refractivity (Wildman–Crippen MR) is 123 cm³/mol. The molecule has 0 atom stereocenters. The molecule has 2 N–H and O–H groups in total. The van der Waals surface area contributed by atoms with Crippen molar-refractivity contribution in [3.8, 4) is 21.1 Å². The van der Waals surface area contributed by atoms with Crippen molar-refractivity contribution >= 4 is 34.5 Å². The lowest BCUT2D eigenvalue weighted by Crippen LogP contribution is -2.42. The number of hydrogen-bond acceptors (Lipinski definition) is 5. The van der Waals surface area contributed by atoms with Crippen molar-refractivity contribution in [1.29, 1.82) is 0 Å². The quantitative estimate of drug-likeness (QED) is 0.563. The third-order valence-corrected chi connectivity index (χ3v) is 7.19. The van der Waals surface area contributed by atoms with Gasteiger partial charge in [0.15, 0.2) is 0 Å². The zero-order valence-corrected chi connectivity index (χ0v) is 18.4. The van der Waals surface area contributed by atoms with E-state index in [1.165, 1.54) is 17.8 Å². The summed E-state index contributed by atoms with van der Waals surface area (Å²) in [4.78, 5) is 31.5. The number of carbonyl (C=O) groups excluding carboxylic acids is 2. The van der Waals surface area contributed by atoms with E-state index >= 15 is 0 Å². The average molecular weight is 440 g/mol. The van der Waals surface area contributed by atoms with E-state index in [4.69, 9.17) is 4.98 Å². The van der Waals surface area contributed by atoms with Crippen LogP contribution < -0.4 is 10.6 Å². The van der Waals surface area contributed by atoms with Gasteiger partial charge in [0.1, 0.15) is 5.01 Å². The number of hydrogen-bond donors (Lipinski definition) is 2. The summed E-state index contributed by atoms with van der Waals surface area (Å²) in [6, 6.07) is 14.3. The number of thiazole rings is 1. The molecule has 1 aromatic carbocycles. The van der Waals surface area contributed by atoms with Crippen LogP contribution in [-0.4, -0.2) is 29.4 Å². The molecule has 2 aromatic heterocycles. The highest BCUT2D eigenvalue weighted by molar-refractivity contribution is 7.17. The van der Waals surface area contributed by atoms with E-state index < -0.39 is 0 Å². The van der Waals surface area contributed by atoms with Gasteiger partial charge in [-0.1, -0.05) is 55.7 Å². The number of carbonyl (C=O) groups is 2. The molecule has 4 rings (SSSR count). The fourth-order valence-electron chi connectivity index (χ4n) is 3.69.